The second-order valence-electron chi connectivity index (χ2n) is 6.53. The van der Waals surface area contributed by atoms with Gasteiger partial charge in [-0.2, -0.15) is 8.42 Å². The van der Waals surface area contributed by atoms with Gasteiger partial charge < -0.3 is 5.32 Å². The summed E-state index contributed by atoms with van der Waals surface area (Å²) >= 11 is 0.858. The van der Waals surface area contributed by atoms with Crippen molar-refractivity contribution in [3.63, 3.8) is 0 Å². The lowest BCUT2D eigenvalue weighted by Crippen LogP contribution is -2.30. The molecule has 1 aromatic carbocycles. The molecule has 0 spiro atoms. The molecule has 0 aliphatic carbocycles. The average Bonchev–Trinajstić information content (AvgIpc) is 2.94. The number of hydrogen-bond acceptors (Lipinski definition) is 6. The van der Waals surface area contributed by atoms with Crippen molar-refractivity contribution < 1.29 is 13.2 Å². The lowest BCUT2D eigenvalue weighted by Gasteiger charge is -2.22. The summed E-state index contributed by atoms with van der Waals surface area (Å²) in [6.07, 6.45) is 0.339. The lowest BCUT2D eigenvalue weighted by molar-refractivity contribution is -0.116. The van der Waals surface area contributed by atoms with Gasteiger partial charge in [-0.3, -0.25) is 9.10 Å². The molecule has 142 valence electrons. The second-order valence-corrected chi connectivity index (χ2v) is 9.55. The molecule has 0 bridgehead atoms. The van der Waals surface area contributed by atoms with E-state index in [-0.39, 0.29) is 27.8 Å². The predicted octanol–water partition coefficient (Wildman–Crippen LogP) is 3.35. The Morgan fingerprint density at radius 3 is 2.35 bits per heavy atom. The molecule has 0 unspecified atom stereocenters. The van der Waals surface area contributed by atoms with Crippen LogP contribution in [0.3, 0.4) is 0 Å². The van der Waals surface area contributed by atoms with Crippen molar-refractivity contribution in [2.24, 2.45) is 5.92 Å². The van der Waals surface area contributed by atoms with Gasteiger partial charge in [-0.15, -0.1) is 10.2 Å². The van der Waals surface area contributed by atoms with Crippen molar-refractivity contribution in [2.75, 3.05) is 16.2 Å². The van der Waals surface area contributed by atoms with Crippen LogP contribution in [0.4, 0.5) is 10.8 Å². The van der Waals surface area contributed by atoms with Crippen molar-refractivity contribution in [2.45, 2.75) is 45.4 Å². The first-order valence-electron chi connectivity index (χ1n) is 8.38. The van der Waals surface area contributed by atoms with Crippen LogP contribution >= 0.6 is 11.3 Å². The van der Waals surface area contributed by atoms with Crippen LogP contribution in [0.1, 0.15) is 38.3 Å². The topological polar surface area (TPSA) is 92.3 Å². The van der Waals surface area contributed by atoms with E-state index in [9.17, 15) is 13.2 Å². The van der Waals surface area contributed by atoms with Gasteiger partial charge in [-0.05, 0) is 49.9 Å². The minimum absolute atomic E-state index is 0.140. The molecule has 0 radical (unpaired) electrons. The molecule has 9 heteroatoms. The minimum atomic E-state index is -3.85. The Morgan fingerprint density at radius 1 is 1.19 bits per heavy atom. The fourth-order valence-electron chi connectivity index (χ4n) is 2.59. The fraction of sp³-hybridized carbons (Fsp3) is 0.471. The molecule has 26 heavy (non-hydrogen) atoms. The van der Waals surface area contributed by atoms with Gasteiger partial charge in [0.15, 0.2) is 0 Å². The summed E-state index contributed by atoms with van der Waals surface area (Å²) in [7, 11) is -3.85. The van der Waals surface area contributed by atoms with E-state index in [1.54, 1.807) is 6.92 Å². The first kappa shape index (κ1) is 20.3. The van der Waals surface area contributed by atoms with E-state index < -0.39 is 10.0 Å². The van der Waals surface area contributed by atoms with Crippen molar-refractivity contribution in [3.8, 4) is 0 Å². The van der Waals surface area contributed by atoms with Gasteiger partial charge in [0.2, 0.25) is 11.0 Å². The highest BCUT2D eigenvalue weighted by Crippen LogP contribution is 2.28. The summed E-state index contributed by atoms with van der Waals surface area (Å²) < 4.78 is 27.1. The molecule has 0 aliphatic heterocycles. The summed E-state index contributed by atoms with van der Waals surface area (Å²) in [4.78, 5) is 11.8. The van der Waals surface area contributed by atoms with E-state index in [2.05, 4.69) is 15.5 Å². The maximum Gasteiger partial charge on any atom is 0.293 e. The van der Waals surface area contributed by atoms with Crippen LogP contribution < -0.4 is 9.62 Å². The van der Waals surface area contributed by atoms with Gasteiger partial charge in [0.25, 0.3) is 14.4 Å². The quantitative estimate of drug-likeness (QED) is 0.725. The Bertz CT molecular complexity index is 871. The fourth-order valence-corrected chi connectivity index (χ4v) is 5.06. The smallest absolute Gasteiger partial charge is 0.293 e. The number of rotatable bonds is 7. The average molecular weight is 397 g/mol. The molecule has 1 amide bonds. The number of nitrogens with one attached hydrogen (secondary N) is 1. The molecular formula is C17H24N4O3S2. The summed E-state index contributed by atoms with van der Waals surface area (Å²) in [5.74, 6) is -0.00646. The van der Waals surface area contributed by atoms with Crippen molar-refractivity contribution in [3.05, 3.63) is 29.3 Å². The van der Waals surface area contributed by atoms with Gasteiger partial charge >= 0.3 is 0 Å². The van der Waals surface area contributed by atoms with Crippen molar-refractivity contribution in [1.29, 1.82) is 0 Å². The molecule has 0 saturated carbocycles. The van der Waals surface area contributed by atoms with Crippen LogP contribution in [0.15, 0.2) is 22.5 Å². The molecule has 1 aromatic heterocycles. The normalized spacial score (nSPS) is 11.6. The molecule has 2 aromatic rings. The predicted molar refractivity (Wildman–Crippen MR) is 104 cm³/mol. The van der Waals surface area contributed by atoms with Crippen molar-refractivity contribution in [1.82, 2.24) is 10.2 Å². The summed E-state index contributed by atoms with van der Waals surface area (Å²) in [6.45, 7) is 9.73. The first-order chi connectivity index (χ1) is 12.1. The molecule has 1 heterocycles. The maximum absolute atomic E-state index is 13.0. The number of sulfonamides is 1. The Balaban J connectivity index is 2.29. The standard InChI is InChI=1S/C17H24N4O3S2/c1-6-21(14-9-12(4)8-13(5)10-14)26(23,24)17-20-19-16(25-17)18-15(22)7-11(2)3/h8-11H,6-7H2,1-5H3,(H,18,19,22). The third kappa shape index (κ3) is 4.79. The first-order valence-corrected chi connectivity index (χ1v) is 10.6. The SMILES string of the molecule is CCN(c1cc(C)cc(C)c1)S(=O)(=O)c1nnc(NC(=O)CC(C)C)s1. The van der Waals surface area contributed by atoms with Crippen LogP contribution in [0, 0.1) is 19.8 Å². The largest absolute Gasteiger partial charge is 0.300 e. The van der Waals surface area contributed by atoms with Crippen molar-refractivity contribution >= 4 is 38.1 Å². The Kier molecular flexibility index (Phi) is 6.35. The highest BCUT2D eigenvalue weighted by molar-refractivity contribution is 7.94. The summed E-state index contributed by atoms with van der Waals surface area (Å²) in [6, 6.07) is 5.62. The third-order valence-electron chi connectivity index (χ3n) is 3.54. The van der Waals surface area contributed by atoms with E-state index >= 15 is 0 Å². The van der Waals surface area contributed by atoms with Gasteiger partial charge in [-0.1, -0.05) is 31.3 Å². The molecule has 0 saturated heterocycles. The van der Waals surface area contributed by atoms with Gasteiger partial charge in [0.05, 0.1) is 5.69 Å². The Labute approximate surface area is 158 Å². The molecular weight excluding hydrogens is 372 g/mol. The zero-order valence-corrected chi connectivity index (χ0v) is 17.2. The third-order valence-corrected chi connectivity index (χ3v) is 6.63. The molecule has 1 N–H and O–H groups in total. The second kappa shape index (κ2) is 8.13. The van der Waals surface area contributed by atoms with Crippen LogP contribution in [0.5, 0.6) is 0 Å². The van der Waals surface area contributed by atoms with E-state index in [4.69, 9.17) is 0 Å². The summed E-state index contributed by atoms with van der Waals surface area (Å²) in [5, 5.41) is 10.4. The van der Waals surface area contributed by atoms with E-state index in [0.717, 1.165) is 22.5 Å². The monoisotopic (exact) mass is 396 g/mol. The lowest BCUT2D eigenvalue weighted by atomic mass is 10.1. The highest BCUT2D eigenvalue weighted by atomic mass is 32.2. The number of carbonyl (C=O) groups is 1. The number of aryl methyl sites for hydroxylation is 2. The van der Waals surface area contributed by atoms with Gasteiger partial charge in [-0.25, -0.2) is 0 Å². The highest BCUT2D eigenvalue weighted by Gasteiger charge is 2.28. The molecule has 7 nitrogen and oxygen atoms in total. The number of benzene rings is 1. The van der Waals surface area contributed by atoms with Crippen LogP contribution in [0.25, 0.3) is 0 Å². The van der Waals surface area contributed by atoms with Gasteiger partial charge in [0.1, 0.15) is 0 Å². The van der Waals surface area contributed by atoms with Crippen LogP contribution in [0.2, 0.25) is 0 Å². The van der Waals surface area contributed by atoms with Gasteiger partial charge in [0, 0.05) is 13.0 Å². The number of nitrogens with zero attached hydrogens (tertiary/aromatic N) is 3. The Morgan fingerprint density at radius 2 is 1.81 bits per heavy atom. The molecule has 0 aliphatic rings. The van der Waals surface area contributed by atoms with Crippen LogP contribution in [-0.2, 0) is 14.8 Å². The molecule has 0 atom stereocenters. The zero-order valence-electron chi connectivity index (χ0n) is 15.6. The number of hydrogen-bond donors (Lipinski definition) is 1. The number of amides is 1. The van der Waals surface area contributed by atoms with E-state index in [1.165, 1.54) is 4.31 Å². The number of aromatic nitrogens is 2. The summed E-state index contributed by atoms with van der Waals surface area (Å²) in [5.41, 5.74) is 2.55. The van der Waals surface area contributed by atoms with E-state index in [0.29, 0.717) is 12.1 Å². The van der Waals surface area contributed by atoms with E-state index in [1.807, 2.05) is 45.9 Å². The zero-order chi connectivity index (χ0) is 19.5. The Hall–Kier alpha value is -2.00. The van der Waals surface area contributed by atoms with Crippen LogP contribution in [-0.4, -0.2) is 31.1 Å². The molecule has 0 fully saturated rings. The number of anilines is 2. The maximum atomic E-state index is 13.0. The molecule has 2 rings (SSSR count). The minimum Gasteiger partial charge on any atom is -0.300 e. The number of carbonyl (C=O) groups excluding carboxylic acids is 1.